The second-order valence-electron chi connectivity index (χ2n) is 9.11. The summed E-state index contributed by atoms with van der Waals surface area (Å²) in [6.07, 6.45) is 6.79. The lowest BCUT2D eigenvalue weighted by Crippen LogP contribution is -2.12. The first kappa shape index (κ1) is 22.8. The van der Waals surface area contributed by atoms with E-state index in [4.69, 9.17) is 9.72 Å². The van der Waals surface area contributed by atoms with E-state index in [1.807, 2.05) is 6.07 Å². The molecule has 0 amide bonds. The third kappa shape index (κ3) is 6.13. The molecule has 1 N–H and O–H groups in total. The molecule has 3 nitrogen and oxygen atoms in total. The molecule has 1 aliphatic carbocycles. The Bertz CT molecular complexity index is 1150. The maximum atomic E-state index is 6.04. The van der Waals surface area contributed by atoms with E-state index in [1.54, 1.807) is 11.3 Å². The van der Waals surface area contributed by atoms with Crippen LogP contribution in [0.1, 0.15) is 59.7 Å². The van der Waals surface area contributed by atoms with Crippen molar-refractivity contribution in [3.63, 3.8) is 0 Å². The minimum Gasteiger partial charge on any atom is -0.489 e. The Morgan fingerprint density at radius 1 is 0.794 bits per heavy atom. The lowest BCUT2D eigenvalue weighted by atomic mass is 9.84. The Hall–Kier alpha value is -2.95. The Morgan fingerprint density at radius 3 is 2.32 bits per heavy atom. The topological polar surface area (TPSA) is 34.2 Å². The van der Waals surface area contributed by atoms with E-state index in [0.29, 0.717) is 6.61 Å². The van der Waals surface area contributed by atoms with Gasteiger partial charge in [-0.1, -0.05) is 86.0 Å². The van der Waals surface area contributed by atoms with Gasteiger partial charge in [0, 0.05) is 24.0 Å². The monoisotopic (exact) mass is 468 g/mol. The van der Waals surface area contributed by atoms with Crippen molar-refractivity contribution in [2.24, 2.45) is 0 Å². The molecule has 0 bridgehead atoms. The quantitative estimate of drug-likeness (QED) is 0.273. The van der Waals surface area contributed by atoms with Gasteiger partial charge in [0.1, 0.15) is 17.4 Å². The second-order valence-corrected chi connectivity index (χ2v) is 10.0. The number of ether oxygens (including phenoxy) is 1. The standard InChI is InChI=1S/C30H32N2OS/c1-3-7-23(8-4-1)19-31-20-30-32-29(22-34-30)27-13-11-24(12-14-27)21-33-28-17-15-26(16-18-28)25-9-5-2-6-10-25/h1,3-4,7-8,11-18,22,25,31H,2,5-6,9-10,19-21H2. The van der Waals surface area contributed by atoms with Crippen LogP contribution in [0.2, 0.25) is 0 Å². The van der Waals surface area contributed by atoms with Crippen LogP contribution in [0.15, 0.2) is 84.2 Å². The Kier molecular flexibility index (Phi) is 7.69. The highest BCUT2D eigenvalue weighted by Crippen LogP contribution is 2.33. The van der Waals surface area contributed by atoms with E-state index in [2.05, 4.69) is 83.5 Å². The van der Waals surface area contributed by atoms with E-state index in [-0.39, 0.29) is 0 Å². The summed E-state index contributed by atoms with van der Waals surface area (Å²) in [5.74, 6) is 1.68. The smallest absolute Gasteiger partial charge is 0.119 e. The van der Waals surface area contributed by atoms with Gasteiger partial charge < -0.3 is 10.1 Å². The molecule has 0 atom stereocenters. The van der Waals surface area contributed by atoms with Crippen LogP contribution in [0.25, 0.3) is 11.3 Å². The fourth-order valence-electron chi connectivity index (χ4n) is 4.64. The summed E-state index contributed by atoms with van der Waals surface area (Å²) in [5.41, 5.74) is 6.10. The van der Waals surface area contributed by atoms with Crippen LogP contribution in [0.3, 0.4) is 0 Å². The molecule has 0 spiro atoms. The number of nitrogens with zero attached hydrogens (tertiary/aromatic N) is 1. The Labute approximate surface area is 206 Å². The summed E-state index contributed by atoms with van der Waals surface area (Å²) in [7, 11) is 0. The molecule has 1 heterocycles. The highest BCUT2D eigenvalue weighted by atomic mass is 32.1. The third-order valence-corrected chi connectivity index (χ3v) is 7.46. The highest BCUT2D eigenvalue weighted by Gasteiger charge is 2.15. The van der Waals surface area contributed by atoms with Crippen molar-refractivity contribution in [2.75, 3.05) is 0 Å². The predicted octanol–water partition coefficient (Wildman–Crippen LogP) is 7.73. The van der Waals surface area contributed by atoms with Gasteiger partial charge >= 0.3 is 0 Å². The van der Waals surface area contributed by atoms with Crippen molar-refractivity contribution in [3.8, 4) is 17.0 Å². The largest absolute Gasteiger partial charge is 0.489 e. The van der Waals surface area contributed by atoms with Crippen molar-refractivity contribution in [2.45, 2.75) is 57.7 Å². The summed E-state index contributed by atoms with van der Waals surface area (Å²) in [4.78, 5) is 4.81. The van der Waals surface area contributed by atoms with Crippen molar-refractivity contribution in [1.29, 1.82) is 0 Å². The summed E-state index contributed by atoms with van der Waals surface area (Å²) in [6.45, 7) is 2.22. The van der Waals surface area contributed by atoms with Gasteiger partial charge in [-0.2, -0.15) is 0 Å². The second kappa shape index (κ2) is 11.5. The molecule has 4 aromatic rings. The molecule has 4 heteroatoms. The molecule has 34 heavy (non-hydrogen) atoms. The van der Waals surface area contributed by atoms with Crippen LogP contribution in [0.4, 0.5) is 0 Å². The van der Waals surface area contributed by atoms with Gasteiger partial charge in [-0.3, -0.25) is 0 Å². The van der Waals surface area contributed by atoms with Crippen molar-refractivity contribution < 1.29 is 4.74 Å². The molecule has 1 fully saturated rings. The van der Waals surface area contributed by atoms with Gasteiger partial charge in [0.05, 0.1) is 5.69 Å². The summed E-state index contributed by atoms with van der Waals surface area (Å²) >= 11 is 1.70. The SMILES string of the molecule is c1ccc(CNCc2nc(-c3ccc(COc4ccc(C5CCCCC5)cc4)cc3)cs2)cc1. The molecule has 0 saturated heterocycles. The van der Waals surface area contributed by atoms with Gasteiger partial charge in [0.15, 0.2) is 0 Å². The summed E-state index contributed by atoms with van der Waals surface area (Å²) in [5, 5.41) is 6.72. The van der Waals surface area contributed by atoms with E-state index in [9.17, 15) is 0 Å². The van der Waals surface area contributed by atoms with Crippen LogP contribution in [0, 0.1) is 0 Å². The maximum Gasteiger partial charge on any atom is 0.119 e. The molecular weight excluding hydrogens is 436 g/mol. The van der Waals surface area contributed by atoms with E-state index in [0.717, 1.165) is 41.0 Å². The zero-order valence-corrected chi connectivity index (χ0v) is 20.4. The highest BCUT2D eigenvalue weighted by molar-refractivity contribution is 7.09. The normalized spacial score (nSPS) is 14.2. The Balaban J connectivity index is 1.11. The third-order valence-electron chi connectivity index (χ3n) is 6.61. The number of hydrogen-bond donors (Lipinski definition) is 1. The zero-order valence-electron chi connectivity index (χ0n) is 19.6. The van der Waals surface area contributed by atoms with Crippen LogP contribution < -0.4 is 10.1 Å². The number of thiazole rings is 1. The van der Waals surface area contributed by atoms with Crippen LogP contribution in [0.5, 0.6) is 5.75 Å². The first-order chi connectivity index (χ1) is 16.8. The first-order valence-electron chi connectivity index (χ1n) is 12.3. The fourth-order valence-corrected chi connectivity index (χ4v) is 5.42. The first-order valence-corrected chi connectivity index (χ1v) is 13.2. The van der Waals surface area contributed by atoms with Gasteiger partial charge in [-0.25, -0.2) is 4.98 Å². The molecule has 1 aromatic heterocycles. The van der Waals surface area contributed by atoms with Crippen LogP contribution in [-0.4, -0.2) is 4.98 Å². The molecule has 1 saturated carbocycles. The van der Waals surface area contributed by atoms with E-state index in [1.165, 1.54) is 48.8 Å². The van der Waals surface area contributed by atoms with Crippen molar-refractivity contribution in [3.05, 3.63) is 106 Å². The Morgan fingerprint density at radius 2 is 1.56 bits per heavy atom. The van der Waals surface area contributed by atoms with Crippen molar-refractivity contribution >= 4 is 11.3 Å². The molecule has 5 rings (SSSR count). The van der Waals surface area contributed by atoms with Crippen LogP contribution >= 0.6 is 11.3 Å². The predicted molar refractivity (Wildman–Crippen MR) is 141 cm³/mol. The number of hydrogen-bond acceptors (Lipinski definition) is 4. The lowest BCUT2D eigenvalue weighted by molar-refractivity contribution is 0.306. The molecule has 3 aromatic carbocycles. The molecule has 0 aliphatic heterocycles. The molecule has 1 aliphatic rings. The average Bonchev–Trinajstić information content (AvgIpc) is 3.38. The maximum absolute atomic E-state index is 6.04. The molecule has 174 valence electrons. The lowest BCUT2D eigenvalue weighted by Gasteiger charge is -2.22. The van der Waals surface area contributed by atoms with Gasteiger partial charge in [-0.05, 0) is 47.6 Å². The summed E-state index contributed by atoms with van der Waals surface area (Å²) < 4.78 is 6.04. The van der Waals surface area contributed by atoms with E-state index < -0.39 is 0 Å². The number of aromatic nitrogens is 1. The number of rotatable bonds is 9. The molecular formula is C30H32N2OS. The van der Waals surface area contributed by atoms with E-state index >= 15 is 0 Å². The van der Waals surface area contributed by atoms with Gasteiger partial charge in [-0.15, -0.1) is 11.3 Å². The fraction of sp³-hybridized carbons (Fsp3) is 0.300. The molecule has 0 radical (unpaired) electrons. The van der Waals surface area contributed by atoms with Gasteiger partial charge in [0.25, 0.3) is 0 Å². The number of benzene rings is 3. The number of nitrogens with one attached hydrogen (secondary N) is 1. The summed E-state index contributed by atoms with van der Waals surface area (Å²) in [6, 6.07) is 27.8. The van der Waals surface area contributed by atoms with Gasteiger partial charge in [0.2, 0.25) is 0 Å². The zero-order chi connectivity index (χ0) is 23.0. The average molecular weight is 469 g/mol. The minimum absolute atomic E-state index is 0.578. The molecule has 0 unspecified atom stereocenters. The van der Waals surface area contributed by atoms with Crippen molar-refractivity contribution in [1.82, 2.24) is 10.3 Å². The van der Waals surface area contributed by atoms with Crippen LogP contribution in [-0.2, 0) is 19.7 Å². The minimum atomic E-state index is 0.578.